The second-order valence-corrected chi connectivity index (χ2v) is 4.17. The largest absolute Gasteiger partial charge is 0.497 e. The maximum absolute atomic E-state index is 11.2. The Balaban J connectivity index is 2.12. The average molecular weight is 232 g/mol. The smallest absolute Gasteiger partial charge is 0.306 e. The second kappa shape index (κ2) is 5.04. The maximum atomic E-state index is 11.2. The Hall–Kier alpha value is -1.77. The molecular weight excluding hydrogens is 216 g/mol. The van der Waals surface area contributed by atoms with Gasteiger partial charge in [0.15, 0.2) is 0 Å². The topological polar surface area (TPSA) is 35.5 Å². The van der Waals surface area contributed by atoms with Crippen LogP contribution in [0.5, 0.6) is 5.75 Å². The Labute approximate surface area is 101 Å². The van der Waals surface area contributed by atoms with Gasteiger partial charge in [0, 0.05) is 0 Å². The van der Waals surface area contributed by atoms with E-state index in [1.165, 1.54) is 18.2 Å². The fourth-order valence-corrected chi connectivity index (χ4v) is 2.07. The molecule has 1 aliphatic rings. The molecule has 0 radical (unpaired) electrons. The first-order valence-corrected chi connectivity index (χ1v) is 5.65. The van der Waals surface area contributed by atoms with E-state index in [0.717, 1.165) is 12.2 Å². The Morgan fingerprint density at radius 1 is 1.41 bits per heavy atom. The van der Waals surface area contributed by atoms with Crippen LogP contribution >= 0.6 is 0 Å². The average Bonchev–Trinajstić information content (AvgIpc) is 2.38. The zero-order valence-corrected chi connectivity index (χ0v) is 10.1. The number of hydrogen-bond acceptors (Lipinski definition) is 3. The molecule has 1 atom stereocenters. The highest BCUT2D eigenvalue weighted by atomic mass is 16.5. The van der Waals surface area contributed by atoms with E-state index in [2.05, 4.69) is 23.0 Å². The van der Waals surface area contributed by atoms with Crippen molar-refractivity contribution in [1.82, 2.24) is 0 Å². The SMILES string of the molecule is COC(=O)CC1C=Cc2cc(OC)ccc2C1. The van der Waals surface area contributed by atoms with Crippen molar-refractivity contribution in [3.63, 3.8) is 0 Å². The minimum atomic E-state index is -0.156. The third-order valence-electron chi connectivity index (χ3n) is 3.04. The van der Waals surface area contributed by atoms with E-state index in [1.807, 2.05) is 12.1 Å². The van der Waals surface area contributed by atoms with Crippen LogP contribution < -0.4 is 4.74 Å². The Morgan fingerprint density at radius 3 is 2.94 bits per heavy atom. The molecule has 1 aromatic carbocycles. The van der Waals surface area contributed by atoms with Gasteiger partial charge in [-0.05, 0) is 35.6 Å². The van der Waals surface area contributed by atoms with Crippen molar-refractivity contribution in [2.24, 2.45) is 5.92 Å². The van der Waals surface area contributed by atoms with Crippen molar-refractivity contribution in [3.05, 3.63) is 35.4 Å². The molecule has 0 N–H and O–H groups in total. The molecule has 2 rings (SSSR count). The van der Waals surface area contributed by atoms with Crippen molar-refractivity contribution in [2.75, 3.05) is 14.2 Å². The van der Waals surface area contributed by atoms with Crippen molar-refractivity contribution in [2.45, 2.75) is 12.8 Å². The number of allylic oxidation sites excluding steroid dienone is 1. The van der Waals surface area contributed by atoms with Crippen LogP contribution in [0.3, 0.4) is 0 Å². The molecule has 1 aromatic rings. The molecule has 0 saturated carbocycles. The Morgan fingerprint density at radius 2 is 2.24 bits per heavy atom. The molecule has 3 heteroatoms. The van der Waals surface area contributed by atoms with E-state index in [-0.39, 0.29) is 11.9 Å². The van der Waals surface area contributed by atoms with Crippen LogP contribution in [0.25, 0.3) is 6.08 Å². The molecule has 1 unspecified atom stereocenters. The second-order valence-electron chi connectivity index (χ2n) is 4.17. The molecule has 0 bridgehead atoms. The molecule has 0 amide bonds. The summed E-state index contributed by atoms with van der Waals surface area (Å²) >= 11 is 0. The summed E-state index contributed by atoms with van der Waals surface area (Å²) in [7, 11) is 3.09. The van der Waals surface area contributed by atoms with E-state index in [1.54, 1.807) is 7.11 Å². The van der Waals surface area contributed by atoms with Crippen LogP contribution in [-0.2, 0) is 16.0 Å². The van der Waals surface area contributed by atoms with Crippen LogP contribution in [0.15, 0.2) is 24.3 Å². The summed E-state index contributed by atoms with van der Waals surface area (Å²) in [5, 5.41) is 0. The van der Waals surface area contributed by atoms with Gasteiger partial charge in [-0.25, -0.2) is 0 Å². The first kappa shape index (κ1) is 11.7. The molecule has 3 nitrogen and oxygen atoms in total. The quantitative estimate of drug-likeness (QED) is 0.751. The van der Waals surface area contributed by atoms with E-state index < -0.39 is 0 Å². The maximum Gasteiger partial charge on any atom is 0.306 e. The van der Waals surface area contributed by atoms with Gasteiger partial charge in [0.2, 0.25) is 0 Å². The molecule has 17 heavy (non-hydrogen) atoms. The summed E-state index contributed by atoms with van der Waals surface area (Å²) in [5.41, 5.74) is 2.42. The summed E-state index contributed by atoms with van der Waals surface area (Å²) in [4.78, 5) is 11.2. The molecule has 0 aromatic heterocycles. The lowest BCUT2D eigenvalue weighted by atomic mass is 9.88. The van der Waals surface area contributed by atoms with E-state index in [4.69, 9.17) is 4.74 Å². The normalized spacial score (nSPS) is 17.4. The number of rotatable bonds is 3. The summed E-state index contributed by atoms with van der Waals surface area (Å²) < 4.78 is 9.87. The molecular formula is C14H16O3. The predicted molar refractivity (Wildman–Crippen MR) is 65.9 cm³/mol. The molecule has 0 spiro atoms. The van der Waals surface area contributed by atoms with Crippen LogP contribution in [-0.4, -0.2) is 20.2 Å². The van der Waals surface area contributed by atoms with Gasteiger partial charge in [-0.1, -0.05) is 18.2 Å². The predicted octanol–water partition coefficient (Wildman–Crippen LogP) is 2.44. The van der Waals surface area contributed by atoms with Gasteiger partial charge in [-0.15, -0.1) is 0 Å². The van der Waals surface area contributed by atoms with Crippen molar-refractivity contribution < 1.29 is 14.3 Å². The third-order valence-corrected chi connectivity index (χ3v) is 3.04. The van der Waals surface area contributed by atoms with E-state index in [0.29, 0.717) is 6.42 Å². The monoisotopic (exact) mass is 232 g/mol. The number of benzene rings is 1. The lowest BCUT2D eigenvalue weighted by molar-refractivity contribution is -0.141. The number of ether oxygens (including phenoxy) is 2. The highest BCUT2D eigenvalue weighted by Gasteiger charge is 2.17. The van der Waals surface area contributed by atoms with Crippen LogP contribution in [0, 0.1) is 5.92 Å². The number of hydrogen-bond donors (Lipinski definition) is 0. The molecule has 0 heterocycles. The minimum Gasteiger partial charge on any atom is -0.497 e. The highest BCUT2D eigenvalue weighted by Crippen LogP contribution is 2.28. The molecule has 90 valence electrons. The fourth-order valence-electron chi connectivity index (χ4n) is 2.07. The zero-order chi connectivity index (χ0) is 12.3. The standard InChI is InChI=1S/C14H16O3/c1-16-13-6-5-11-7-10(8-14(15)17-2)3-4-12(11)9-13/h3-6,9-10H,7-8H2,1-2H3. The summed E-state index contributed by atoms with van der Waals surface area (Å²) in [6.45, 7) is 0. The molecule has 1 aliphatic carbocycles. The first-order valence-electron chi connectivity index (χ1n) is 5.65. The van der Waals surface area contributed by atoms with Crippen LogP contribution in [0.2, 0.25) is 0 Å². The van der Waals surface area contributed by atoms with Crippen LogP contribution in [0.4, 0.5) is 0 Å². The molecule has 0 saturated heterocycles. The number of methoxy groups -OCH3 is 2. The van der Waals surface area contributed by atoms with Gasteiger partial charge in [0.1, 0.15) is 5.75 Å². The van der Waals surface area contributed by atoms with Gasteiger partial charge in [0.05, 0.1) is 20.6 Å². The summed E-state index contributed by atoms with van der Waals surface area (Å²) in [6.07, 6.45) is 5.44. The summed E-state index contributed by atoms with van der Waals surface area (Å²) in [6, 6.07) is 6.02. The number of carbonyl (C=O) groups is 1. The van der Waals surface area contributed by atoms with Gasteiger partial charge in [-0.2, -0.15) is 0 Å². The Bertz CT molecular complexity index is 449. The van der Waals surface area contributed by atoms with Gasteiger partial charge < -0.3 is 9.47 Å². The molecule has 0 aliphatic heterocycles. The highest BCUT2D eigenvalue weighted by molar-refractivity contribution is 5.71. The lowest BCUT2D eigenvalue weighted by Gasteiger charge is -2.18. The minimum absolute atomic E-state index is 0.156. The first-order chi connectivity index (χ1) is 8.22. The number of carbonyl (C=O) groups excluding carboxylic acids is 1. The lowest BCUT2D eigenvalue weighted by Crippen LogP contribution is -2.13. The fraction of sp³-hybridized carbons (Fsp3) is 0.357. The van der Waals surface area contributed by atoms with Crippen molar-refractivity contribution in [3.8, 4) is 5.75 Å². The van der Waals surface area contributed by atoms with E-state index in [9.17, 15) is 4.79 Å². The van der Waals surface area contributed by atoms with Gasteiger partial charge in [0.25, 0.3) is 0 Å². The van der Waals surface area contributed by atoms with Crippen LogP contribution in [0.1, 0.15) is 17.5 Å². The Kier molecular flexibility index (Phi) is 3.47. The van der Waals surface area contributed by atoms with E-state index >= 15 is 0 Å². The zero-order valence-electron chi connectivity index (χ0n) is 10.1. The number of fused-ring (bicyclic) bond motifs is 1. The third kappa shape index (κ3) is 2.67. The summed E-state index contributed by atoms with van der Waals surface area (Å²) in [5.74, 6) is 0.944. The number of esters is 1. The van der Waals surface area contributed by atoms with Crippen molar-refractivity contribution in [1.29, 1.82) is 0 Å². The van der Waals surface area contributed by atoms with Gasteiger partial charge >= 0.3 is 5.97 Å². The molecule has 0 fully saturated rings. The van der Waals surface area contributed by atoms with Gasteiger partial charge in [-0.3, -0.25) is 4.79 Å². The van der Waals surface area contributed by atoms with Crippen molar-refractivity contribution >= 4 is 12.0 Å².